The number of hydrogen-bond donors (Lipinski definition) is 1. The molecule has 3 nitrogen and oxygen atoms in total. The van der Waals surface area contributed by atoms with Gasteiger partial charge in [-0.15, -0.1) is 0 Å². The molecule has 3 heteroatoms. The fourth-order valence-corrected chi connectivity index (χ4v) is 5.67. The number of rotatable bonds is 4. The van der Waals surface area contributed by atoms with E-state index >= 15 is 0 Å². The molecule has 0 fully saturated rings. The summed E-state index contributed by atoms with van der Waals surface area (Å²) in [6.45, 7) is 0. The van der Waals surface area contributed by atoms with Crippen LogP contribution in [-0.2, 0) is 0 Å². The Morgan fingerprint density at radius 1 is 0.410 bits per heavy atom. The molecular formula is C36H23NO2. The van der Waals surface area contributed by atoms with Gasteiger partial charge in [0.2, 0.25) is 0 Å². The lowest BCUT2D eigenvalue weighted by Gasteiger charge is -2.14. The van der Waals surface area contributed by atoms with Crippen LogP contribution >= 0.6 is 0 Å². The van der Waals surface area contributed by atoms with E-state index in [-0.39, 0.29) is 0 Å². The van der Waals surface area contributed by atoms with Crippen molar-refractivity contribution >= 4 is 55.3 Å². The van der Waals surface area contributed by atoms with E-state index in [1.807, 2.05) is 36.4 Å². The topological polar surface area (TPSA) is 38.3 Å². The molecule has 0 radical (unpaired) electrons. The lowest BCUT2D eigenvalue weighted by molar-refractivity contribution is 0.669. The summed E-state index contributed by atoms with van der Waals surface area (Å²) < 4.78 is 12.8. The largest absolute Gasteiger partial charge is 0.456 e. The minimum absolute atomic E-state index is 0.853. The summed E-state index contributed by atoms with van der Waals surface area (Å²) in [5.41, 5.74) is 9.94. The van der Waals surface area contributed by atoms with Crippen LogP contribution < -0.4 is 5.32 Å². The minimum atomic E-state index is 0.853. The summed E-state index contributed by atoms with van der Waals surface area (Å²) in [4.78, 5) is 0. The van der Waals surface area contributed by atoms with E-state index in [1.165, 1.54) is 5.56 Å². The van der Waals surface area contributed by atoms with Crippen molar-refractivity contribution in [2.45, 2.75) is 0 Å². The first-order valence-electron chi connectivity index (χ1n) is 13.1. The quantitative estimate of drug-likeness (QED) is 0.261. The minimum Gasteiger partial charge on any atom is -0.456 e. The van der Waals surface area contributed by atoms with Gasteiger partial charge in [0.15, 0.2) is 0 Å². The standard InChI is InChI=1S/C36H23NO2/c1-3-10-23(11-4-1)25-18-21-32-28(22-25)35-29(15-9-17-33(35)38-32)37-30-20-19-27-26-14-7-8-16-31(26)39-36(27)34(30)24-12-5-2-6-13-24/h1-22,37H. The Kier molecular flexibility index (Phi) is 4.82. The summed E-state index contributed by atoms with van der Waals surface area (Å²) in [6, 6.07) is 46.0. The molecule has 0 bridgehead atoms. The third-order valence-corrected chi connectivity index (χ3v) is 7.48. The first kappa shape index (κ1) is 21.8. The zero-order valence-corrected chi connectivity index (χ0v) is 21.0. The maximum atomic E-state index is 6.47. The predicted molar refractivity (Wildman–Crippen MR) is 162 cm³/mol. The Morgan fingerprint density at radius 2 is 1.13 bits per heavy atom. The number of benzene rings is 6. The second-order valence-electron chi connectivity index (χ2n) is 9.81. The van der Waals surface area contributed by atoms with Gasteiger partial charge in [-0.25, -0.2) is 0 Å². The molecule has 0 aliphatic carbocycles. The monoisotopic (exact) mass is 501 g/mol. The molecule has 1 N–H and O–H groups in total. The zero-order chi connectivity index (χ0) is 25.8. The van der Waals surface area contributed by atoms with Gasteiger partial charge < -0.3 is 14.2 Å². The molecule has 8 rings (SSSR count). The van der Waals surface area contributed by atoms with Crippen LogP contribution in [0.1, 0.15) is 0 Å². The molecule has 0 atom stereocenters. The molecule has 8 aromatic rings. The first-order chi connectivity index (χ1) is 19.3. The van der Waals surface area contributed by atoms with Crippen LogP contribution in [0.15, 0.2) is 142 Å². The van der Waals surface area contributed by atoms with Crippen LogP contribution in [0, 0.1) is 0 Å². The van der Waals surface area contributed by atoms with E-state index in [4.69, 9.17) is 8.83 Å². The molecule has 2 heterocycles. The van der Waals surface area contributed by atoms with Gasteiger partial charge in [-0.1, -0.05) is 91.0 Å². The molecule has 6 aromatic carbocycles. The molecule has 184 valence electrons. The molecule has 0 amide bonds. The maximum absolute atomic E-state index is 6.47. The van der Waals surface area contributed by atoms with Gasteiger partial charge in [0, 0.05) is 21.7 Å². The molecule has 0 saturated heterocycles. The highest BCUT2D eigenvalue weighted by Crippen LogP contribution is 2.43. The highest BCUT2D eigenvalue weighted by Gasteiger charge is 2.18. The van der Waals surface area contributed by atoms with Crippen molar-refractivity contribution in [2.24, 2.45) is 0 Å². The molecular weight excluding hydrogens is 478 g/mol. The van der Waals surface area contributed by atoms with Gasteiger partial charge in [0.1, 0.15) is 22.3 Å². The Bertz CT molecular complexity index is 2140. The number of fused-ring (bicyclic) bond motifs is 6. The third-order valence-electron chi connectivity index (χ3n) is 7.48. The van der Waals surface area contributed by atoms with E-state index in [9.17, 15) is 0 Å². The molecule has 0 aliphatic rings. The third kappa shape index (κ3) is 3.52. The van der Waals surface area contributed by atoms with Gasteiger partial charge in [0.05, 0.1) is 16.8 Å². The number of anilines is 2. The van der Waals surface area contributed by atoms with E-state index in [2.05, 4.69) is 102 Å². The fraction of sp³-hybridized carbons (Fsp3) is 0. The van der Waals surface area contributed by atoms with Crippen molar-refractivity contribution in [2.75, 3.05) is 5.32 Å². The van der Waals surface area contributed by atoms with E-state index in [0.717, 1.165) is 71.9 Å². The van der Waals surface area contributed by atoms with Gasteiger partial charge in [-0.05, 0) is 59.2 Å². The molecule has 39 heavy (non-hydrogen) atoms. The molecule has 0 unspecified atom stereocenters. The zero-order valence-electron chi connectivity index (χ0n) is 21.0. The van der Waals surface area contributed by atoms with Gasteiger partial charge in [0.25, 0.3) is 0 Å². The summed E-state index contributed by atoms with van der Waals surface area (Å²) in [5.74, 6) is 0. The van der Waals surface area contributed by atoms with E-state index < -0.39 is 0 Å². The van der Waals surface area contributed by atoms with Crippen LogP contribution in [0.4, 0.5) is 11.4 Å². The van der Waals surface area contributed by atoms with Crippen LogP contribution in [0.3, 0.4) is 0 Å². The summed E-state index contributed by atoms with van der Waals surface area (Å²) in [5, 5.41) is 8.14. The Hall–Kier alpha value is -5.28. The number of para-hydroxylation sites is 1. The van der Waals surface area contributed by atoms with Crippen LogP contribution in [0.25, 0.3) is 66.1 Å². The molecule has 0 spiro atoms. The second-order valence-corrected chi connectivity index (χ2v) is 9.81. The first-order valence-corrected chi connectivity index (χ1v) is 13.1. The summed E-state index contributed by atoms with van der Waals surface area (Å²) >= 11 is 0. The maximum Gasteiger partial charge on any atom is 0.145 e. The predicted octanol–water partition coefficient (Wildman–Crippen LogP) is 10.6. The summed E-state index contributed by atoms with van der Waals surface area (Å²) in [6.07, 6.45) is 0. The van der Waals surface area contributed by atoms with Crippen molar-refractivity contribution in [1.82, 2.24) is 0 Å². The SMILES string of the molecule is c1ccc(-c2ccc3oc4cccc(Nc5ccc6c(oc7ccccc76)c5-c5ccccc5)c4c3c2)cc1. The lowest BCUT2D eigenvalue weighted by Crippen LogP contribution is -1.94. The summed E-state index contributed by atoms with van der Waals surface area (Å²) in [7, 11) is 0. The van der Waals surface area contributed by atoms with Crippen molar-refractivity contribution < 1.29 is 8.83 Å². The van der Waals surface area contributed by atoms with Crippen molar-refractivity contribution in [3.63, 3.8) is 0 Å². The van der Waals surface area contributed by atoms with Crippen LogP contribution in [0.5, 0.6) is 0 Å². The highest BCUT2D eigenvalue weighted by molar-refractivity contribution is 6.15. The van der Waals surface area contributed by atoms with Crippen molar-refractivity contribution in [3.8, 4) is 22.3 Å². The fourth-order valence-electron chi connectivity index (χ4n) is 5.67. The number of furan rings is 2. The van der Waals surface area contributed by atoms with Crippen molar-refractivity contribution in [3.05, 3.63) is 133 Å². The van der Waals surface area contributed by atoms with E-state index in [1.54, 1.807) is 0 Å². The second kappa shape index (κ2) is 8.64. The smallest absolute Gasteiger partial charge is 0.145 e. The molecule has 0 aliphatic heterocycles. The molecule has 0 saturated carbocycles. The van der Waals surface area contributed by atoms with Gasteiger partial charge in [-0.3, -0.25) is 0 Å². The molecule has 2 aromatic heterocycles. The number of hydrogen-bond acceptors (Lipinski definition) is 3. The Morgan fingerprint density at radius 3 is 1.97 bits per heavy atom. The van der Waals surface area contributed by atoms with E-state index in [0.29, 0.717) is 0 Å². The number of nitrogens with one attached hydrogen (secondary N) is 1. The van der Waals surface area contributed by atoms with Crippen LogP contribution in [-0.4, -0.2) is 0 Å². The normalized spacial score (nSPS) is 11.6. The van der Waals surface area contributed by atoms with Gasteiger partial charge >= 0.3 is 0 Å². The Labute approximate surface area is 224 Å². The average Bonchev–Trinajstić information content (AvgIpc) is 3.56. The van der Waals surface area contributed by atoms with Crippen LogP contribution in [0.2, 0.25) is 0 Å². The lowest BCUT2D eigenvalue weighted by atomic mass is 9.99. The van der Waals surface area contributed by atoms with Gasteiger partial charge in [-0.2, -0.15) is 0 Å². The highest BCUT2D eigenvalue weighted by atomic mass is 16.3. The average molecular weight is 502 g/mol. The van der Waals surface area contributed by atoms with Crippen molar-refractivity contribution in [1.29, 1.82) is 0 Å². The Balaban J connectivity index is 1.35.